The molecule has 0 bridgehead atoms. The Kier molecular flexibility index (Phi) is 6.56. The number of carbonyl (C=O) groups is 2. The fraction of sp³-hybridized carbons (Fsp3) is 0.478. The van der Waals surface area contributed by atoms with E-state index in [-0.39, 0.29) is 23.9 Å². The Morgan fingerprint density at radius 2 is 1.79 bits per heavy atom. The van der Waals surface area contributed by atoms with Crippen LogP contribution in [0, 0.1) is 0 Å². The van der Waals surface area contributed by atoms with E-state index in [0.29, 0.717) is 11.4 Å². The average Bonchev–Trinajstić information content (AvgIpc) is 3.43. The van der Waals surface area contributed by atoms with Gasteiger partial charge in [0.15, 0.2) is 0 Å². The van der Waals surface area contributed by atoms with Crippen LogP contribution in [0.15, 0.2) is 41.8 Å². The van der Waals surface area contributed by atoms with Crippen molar-refractivity contribution in [3.8, 4) is 0 Å². The van der Waals surface area contributed by atoms with E-state index in [2.05, 4.69) is 5.32 Å². The molecule has 1 heterocycles. The maximum Gasteiger partial charge on any atom is 0.247 e. The van der Waals surface area contributed by atoms with Crippen LogP contribution in [0.4, 0.5) is 0 Å². The summed E-state index contributed by atoms with van der Waals surface area (Å²) < 4.78 is 0. The van der Waals surface area contributed by atoms with Gasteiger partial charge in [-0.15, -0.1) is 11.3 Å². The van der Waals surface area contributed by atoms with Gasteiger partial charge in [-0.2, -0.15) is 0 Å². The molecule has 1 aromatic heterocycles. The van der Waals surface area contributed by atoms with E-state index < -0.39 is 6.04 Å². The first-order valence-corrected chi connectivity index (χ1v) is 11.8. The largest absolute Gasteiger partial charge is 0.351 e. The van der Waals surface area contributed by atoms with Gasteiger partial charge in [-0.05, 0) is 54.8 Å². The number of hydrogen-bond donors (Lipinski definition) is 1. The van der Waals surface area contributed by atoms with Gasteiger partial charge in [0.25, 0.3) is 0 Å². The van der Waals surface area contributed by atoms with Crippen molar-refractivity contribution in [2.75, 3.05) is 0 Å². The third-order valence-corrected chi connectivity index (χ3v) is 6.93. The van der Waals surface area contributed by atoms with Crippen molar-refractivity contribution in [2.24, 2.45) is 0 Å². The van der Waals surface area contributed by atoms with Crippen molar-refractivity contribution in [1.82, 2.24) is 10.2 Å². The Hall–Kier alpha value is -1.85. The number of thiophene rings is 1. The topological polar surface area (TPSA) is 49.4 Å². The van der Waals surface area contributed by atoms with Gasteiger partial charge in [0.05, 0.1) is 6.42 Å². The molecule has 2 amide bonds. The molecular weight excluding hydrogens is 404 g/mol. The number of rotatable bonds is 7. The predicted octanol–water partition coefficient (Wildman–Crippen LogP) is 5.13. The molecular formula is C23H27ClN2O2S. The zero-order valence-electron chi connectivity index (χ0n) is 16.5. The minimum atomic E-state index is -0.603. The molecule has 1 N–H and O–H groups in total. The van der Waals surface area contributed by atoms with Crippen molar-refractivity contribution >= 4 is 34.8 Å². The lowest BCUT2D eigenvalue weighted by Crippen LogP contribution is -2.48. The first-order valence-electron chi connectivity index (χ1n) is 10.5. The highest BCUT2D eigenvalue weighted by molar-refractivity contribution is 7.10. The fourth-order valence-electron chi connectivity index (χ4n) is 4.18. The molecule has 2 saturated carbocycles. The van der Waals surface area contributed by atoms with E-state index in [9.17, 15) is 9.59 Å². The summed E-state index contributed by atoms with van der Waals surface area (Å²) in [4.78, 5) is 29.6. The monoisotopic (exact) mass is 430 g/mol. The molecule has 2 aliphatic rings. The van der Waals surface area contributed by atoms with Crippen molar-refractivity contribution in [3.05, 3.63) is 57.2 Å². The summed E-state index contributed by atoms with van der Waals surface area (Å²) in [7, 11) is 0. The lowest BCUT2D eigenvalue weighted by molar-refractivity contribution is -0.141. The summed E-state index contributed by atoms with van der Waals surface area (Å²) >= 11 is 7.67. The van der Waals surface area contributed by atoms with Crippen LogP contribution in [0.25, 0.3) is 0 Å². The van der Waals surface area contributed by atoms with Crippen LogP contribution >= 0.6 is 22.9 Å². The maximum atomic E-state index is 13.4. The SMILES string of the molecule is O=C(NC1CCCCC1)[C@@H](c1ccc(Cl)cc1)N(C(=O)Cc1cccs1)C1CC1. The molecule has 0 saturated heterocycles. The molecule has 2 aromatic rings. The van der Waals surface area contributed by atoms with Crippen LogP contribution in [0.2, 0.25) is 5.02 Å². The van der Waals surface area contributed by atoms with Crippen LogP contribution in [-0.2, 0) is 16.0 Å². The second kappa shape index (κ2) is 9.31. The quantitative estimate of drug-likeness (QED) is 0.662. The number of carbonyl (C=O) groups excluding carboxylic acids is 2. The van der Waals surface area contributed by atoms with Gasteiger partial charge < -0.3 is 10.2 Å². The van der Waals surface area contributed by atoms with E-state index in [4.69, 9.17) is 11.6 Å². The Morgan fingerprint density at radius 1 is 1.07 bits per heavy atom. The molecule has 1 aromatic carbocycles. The summed E-state index contributed by atoms with van der Waals surface area (Å²) in [5, 5.41) is 5.86. The number of halogens is 1. The molecule has 0 unspecified atom stereocenters. The van der Waals surface area contributed by atoms with Crippen LogP contribution in [0.3, 0.4) is 0 Å². The van der Waals surface area contributed by atoms with Crippen molar-refractivity contribution in [3.63, 3.8) is 0 Å². The molecule has 0 aliphatic heterocycles. The molecule has 29 heavy (non-hydrogen) atoms. The van der Waals surface area contributed by atoms with Gasteiger partial charge in [0, 0.05) is 22.0 Å². The number of nitrogens with one attached hydrogen (secondary N) is 1. The average molecular weight is 431 g/mol. The smallest absolute Gasteiger partial charge is 0.247 e. The van der Waals surface area contributed by atoms with Crippen LogP contribution < -0.4 is 5.32 Å². The Bertz CT molecular complexity index is 827. The minimum absolute atomic E-state index is 0.0219. The van der Waals surface area contributed by atoms with Gasteiger partial charge in [0.1, 0.15) is 6.04 Å². The molecule has 2 aliphatic carbocycles. The van der Waals surface area contributed by atoms with E-state index >= 15 is 0 Å². The van der Waals surface area contributed by atoms with Gasteiger partial charge in [-0.3, -0.25) is 9.59 Å². The summed E-state index contributed by atoms with van der Waals surface area (Å²) in [6, 6.07) is 11.0. The van der Waals surface area contributed by atoms with E-state index in [1.165, 1.54) is 6.42 Å². The van der Waals surface area contributed by atoms with Crippen LogP contribution in [0.5, 0.6) is 0 Å². The van der Waals surface area contributed by atoms with Gasteiger partial charge in [0.2, 0.25) is 11.8 Å². The lowest BCUT2D eigenvalue weighted by atomic mass is 9.94. The maximum absolute atomic E-state index is 13.4. The Labute approximate surface area is 181 Å². The van der Waals surface area contributed by atoms with Gasteiger partial charge in [-0.1, -0.05) is 49.1 Å². The standard InChI is InChI=1S/C23H27ClN2O2S/c24-17-10-8-16(9-11-17)22(23(28)25-18-5-2-1-3-6-18)26(19-12-13-19)21(27)15-20-7-4-14-29-20/h4,7-11,14,18-19,22H,1-3,5-6,12-13,15H2,(H,25,28)/t22-/m1/s1. The molecule has 1 atom stereocenters. The number of hydrogen-bond acceptors (Lipinski definition) is 3. The van der Waals surface area contributed by atoms with Gasteiger partial charge in [-0.25, -0.2) is 0 Å². The fourth-order valence-corrected chi connectivity index (χ4v) is 5.00. The van der Waals surface area contributed by atoms with Crippen molar-refractivity contribution in [2.45, 2.75) is 69.5 Å². The van der Waals surface area contributed by atoms with E-state index in [1.807, 2.05) is 34.5 Å². The third kappa shape index (κ3) is 5.20. The molecule has 6 heteroatoms. The number of nitrogens with zero attached hydrogens (tertiary/aromatic N) is 1. The van der Waals surface area contributed by atoms with E-state index in [0.717, 1.165) is 49.0 Å². The minimum Gasteiger partial charge on any atom is -0.351 e. The van der Waals surface area contributed by atoms with Crippen molar-refractivity contribution < 1.29 is 9.59 Å². The first kappa shape index (κ1) is 20.4. The summed E-state index contributed by atoms with van der Waals surface area (Å²) in [5.74, 6) is -0.0423. The van der Waals surface area contributed by atoms with Gasteiger partial charge >= 0.3 is 0 Å². The first-order chi connectivity index (χ1) is 14.1. The van der Waals surface area contributed by atoms with E-state index in [1.54, 1.807) is 23.5 Å². The highest BCUT2D eigenvalue weighted by Gasteiger charge is 2.41. The van der Waals surface area contributed by atoms with Crippen molar-refractivity contribution in [1.29, 1.82) is 0 Å². The zero-order chi connectivity index (χ0) is 20.2. The highest BCUT2D eigenvalue weighted by atomic mass is 35.5. The molecule has 0 radical (unpaired) electrons. The third-order valence-electron chi connectivity index (χ3n) is 5.80. The van der Waals surface area contributed by atoms with Crippen LogP contribution in [-0.4, -0.2) is 28.8 Å². The summed E-state index contributed by atoms with van der Waals surface area (Å²) in [5.41, 5.74) is 0.828. The zero-order valence-corrected chi connectivity index (χ0v) is 18.1. The number of benzene rings is 1. The normalized spacial score (nSPS) is 18.2. The molecule has 4 rings (SSSR count). The van der Waals surface area contributed by atoms with Crippen LogP contribution in [0.1, 0.15) is 61.4 Å². The molecule has 4 nitrogen and oxygen atoms in total. The second-order valence-electron chi connectivity index (χ2n) is 8.09. The predicted molar refractivity (Wildman–Crippen MR) is 117 cm³/mol. The number of amides is 2. The molecule has 2 fully saturated rings. The Balaban J connectivity index is 1.60. The summed E-state index contributed by atoms with van der Waals surface area (Å²) in [6.07, 6.45) is 7.83. The Morgan fingerprint density at radius 3 is 2.41 bits per heavy atom. The highest BCUT2D eigenvalue weighted by Crippen LogP contribution is 2.36. The summed E-state index contributed by atoms with van der Waals surface area (Å²) in [6.45, 7) is 0. The molecule has 154 valence electrons. The lowest BCUT2D eigenvalue weighted by Gasteiger charge is -2.33. The second-order valence-corrected chi connectivity index (χ2v) is 9.55. The molecule has 0 spiro atoms.